The van der Waals surface area contributed by atoms with Crippen molar-refractivity contribution >= 4 is 9.24 Å². The van der Waals surface area contributed by atoms with Crippen molar-refractivity contribution in [1.29, 1.82) is 0 Å². The summed E-state index contributed by atoms with van der Waals surface area (Å²) >= 11 is 0. The molecule has 13 heavy (non-hydrogen) atoms. The minimum absolute atomic E-state index is 0.168. The summed E-state index contributed by atoms with van der Waals surface area (Å²) in [5.41, 5.74) is 1.37. The molecule has 0 N–H and O–H groups in total. The topological polar surface area (TPSA) is 0 Å². The zero-order chi connectivity index (χ0) is 9.73. The third kappa shape index (κ3) is 2.97. The molecule has 1 aromatic rings. The molecule has 0 spiro atoms. The largest absolute Gasteiger partial charge is 0.127 e. The van der Waals surface area contributed by atoms with Crippen molar-refractivity contribution in [2.75, 3.05) is 0 Å². The van der Waals surface area contributed by atoms with Crippen molar-refractivity contribution in [3.63, 3.8) is 0 Å². The first-order chi connectivity index (χ1) is 6.20. The summed E-state index contributed by atoms with van der Waals surface area (Å²) in [6.45, 7) is 6.07. The van der Waals surface area contributed by atoms with Crippen LogP contribution in [0.4, 0.5) is 0 Å². The van der Waals surface area contributed by atoms with Crippen LogP contribution in [0.5, 0.6) is 0 Å². The third-order valence-electron chi connectivity index (χ3n) is 2.44. The Morgan fingerprint density at radius 3 is 2.46 bits per heavy atom. The Labute approximate surface area is 83.3 Å². The van der Waals surface area contributed by atoms with Crippen LogP contribution in [0.25, 0.3) is 0 Å². The molecule has 70 valence electrons. The number of allylic oxidation sites excluding steroid dienone is 1. The highest BCUT2D eigenvalue weighted by Gasteiger charge is 2.17. The molecule has 0 aliphatic carbocycles. The standard InChI is InChI=1S/C12H17P/c1-3-12(13,4-2)10-11-8-6-5-7-9-11/h3,5-9H,1,4,10,13H2,2H3. The summed E-state index contributed by atoms with van der Waals surface area (Å²) in [5.74, 6) is 0. The van der Waals surface area contributed by atoms with Crippen molar-refractivity contribution in [2.45, 2.75) is 24.9 Å². The van der Waals surface area contributed by atoms with Crippen LogP contribution >= 0.6 is 9.24 Å². The molecule has 0 radical (unpaired) electrons. The molecule has 0 bridgehead atoms. The molecule has 1 aromatic carbocycles. The van der Waals surface area contributed by atoms with E-state index in [0.717, 1.165) is 12.8 Å². The first-order valence-electron chi connectivity index (χ1n) is 4.66. The van der Waals surface area contributed by atoms with Crippen LogP contribution < -0.4 is 0 Å². The van der Waals surface area contributed by atoms with Crippen molar-refractivity contribution in [3.8, 4) is 0 Å². The Hall–Kier alpha value is -0.610. The molecule has 0 heterocycles. The van der Waals surface area contributed by atoms with Crippen molar-refractivity contribution in [1.82, 2.24) is 0 Å². The van der Waals surface area contributed by atoms with E-state index in [1.807, 2.05) is 12.1 Å². The van der Waals surface area contributed by atoms with Crippen LogP contribution in [-0.2, 0) is 6.42 Å². The van der Waals surface area contributed by atoms with Gasteiger partial charge >= 0.3 is 0 Å². The van der Waals surface area contributed by atoms with Gasteiger partial charge in [-0.3, -0.25) is 0 Å². The lowest BCUT2D eigenvalue weighted by Crippen LogP contribution is -2.18. The lowest BCUT2D eigenvalue weighted by atomic mass is 9.96. The second kappa shape index (κ2) is 4.58. The van der Waals surface area contributed by atoms with Gasteiger partial charge in [0.25, 0.3) is 0 Å². The smallest absolute Gasteiger partial charge is 0.00619 e. The average Bonchev–Trinajstić information content (AvgIpc) is 2.19. The van der Waals surface area contributed by atoms with E-state index < -0.39 is 0 Å². The van der Waals surface area contributed by atoms with Crippen LogP contribution in [0.1, 0.15) is 18.9 Å². The minimum Gasteiger partial charge on any atom is -0.127 e. The Bertz CT molecular complexity index is 266. The first kappa shape index (κ1) is 10.5. The highest BCUT2D eigenvalue weighted by atomic mass is 31.0. The second-order valence-electron chi connectivity index (χ2n) is 3.45. The predicted octanol–water partition coefficient (Wildman–Crippen LogP) is 3.44. The maximum atomic E-state index is 3.88. The van der Waals surface area contributed by atoms with E-state index in [4.69, 9.17) is 0 Å². The summed E-state index contributed by atoms with van der Waals surface area (Å²) in [4.78, 5) is 0. The molecular formula is C12H17P. The van der Waals surface area contributed by atoms with Gasteiger partial charge in [-0.1, -0.05) is 43.3 Å². The minimum atomic E-state index is 0.168. The van der Waals surface area contributed by atoms with E-state index in [1.165, 1.54) is 5.56 Å². The molecule has 0 saturated carbocycles. The summed E-state index contributed by atoms with van der Waals surface area (Å²) in [7, 11) is 2.90. The van der Waals surface area contributed by atoms with Gasteiger partial charge in [0.2, 0.25) is 0 Å². The van der Waals surface area contributed by atoms with Gasteiger partial charge in [0.1, 0.15) is 0 Å². The van der Waals surface area contributed by atoms with Gasteiger partial charge in [-0.15, -0.1) is 15.8 Å². The average molecular weight is 192 g/mol. The molecule has 2 atom stereocenters. The van der Waals surface area contributed by atoms with Crippen molar-refractivity contribution in [3.05, 3.63) is 48.6 Å². The van der Waals surface area contributed by atoms with Crippen LogP contribution in [-0.4, -0.2) is 5.16 Å². The van der Waals surface area contributed by atoms with Gasteiger partial charge in [0, 0.05) is 5.16 Å². The van der Waals surface area contributed by atoms with Crippen molar-refractivity contribution < 1.29 is 0 Å². The fraction of sp³-hybridized carbons (Fsp3) is 0.333. The molecule has 1 rings (SSSR count). The van der Waals surface area contributed by atoms with Gasteiger partial charge in [0.05, 0.1) is 0 Å². The highest BCUT2D eigenvalue weighted by molar-refractivity contribution is 7.19. The van der Waals surface area contributed by atoms with Crippen LogP contribution in [0.3, 0.4) is 0 Å². The molecular weight excluding hydrogens is 175 g/mol. The van der Waals surface area contributed by atoms with Gasteiger partial charge < -0.3 is 0 Å². The molecule has 0 fully saturated rings. The monoisotopic (exact) mass is 192 g/mol. The van der Waals surface area contributed by atoms with Crippen molar-refractivity contribution in [2.24, 2.45) is 0 Å². The number of benzene rings is 1. The molecule has 2 unspecified atom stereocenters. The summed E-state index contributed by atoms with van der Waals surface area (Å²) in [6, 6.07) is 10.5. The zero-order valence-electron chi connectivity index (χ0n) is 8.16. The molecule has 1 heteroatoms. The van der Waals surface area contributed by atoms with Gasteiger partial charge in [-0.25, -0.2) is 0 Å². The van der Waals surface area contributed by atoms with Crippen LogP contribution in [0, 0.1) is 0 Å². The highest BCUT2D eigenvalue weighted by Crippen LogP contribution is 2.28. The van der Waals surface area contributed by atoms with Crippen LogP contribution in [0.15, 0.2) is 43.0 Å². The fourth-order valence-electron chi connectivity index (χ4n) is 1.32. The molecule has 0 aliphatic heterocycles. The normalized spacial score (nSPS) is 14.9. The van der Waals surface area contributed by atoms with E-state index in [2.05, 4.69) is 47.0 Å². The van der Waals surface area contributed by atoms with E-state index in [-0.39, 0.29) is 5.16 Å². The van der Waals surface area contributed by atoms with Crippen LogP contribution in [0.2, 0.25) is 0 Å². The lowest BCUT2D eigenvalue weighted by Gasteiger charge is -2.23. The summed E-state index contributed by atoms with van der Waals surface area (Å²) in [5, 5.41) is 0.168. The first-order valence-corrected chi connectivity index (χ1v) is 5.24. The Kier molecular flexibility index (Phi) is 3.69. The molecule has 0 aliphatic rings. The van der Waals surface area contributed by atoms with E-state index in [1.54, 1.807) is 0 Å². The second-order valence-corrected chi connectivity index (χ2v) is 4.60. The third-order valence-corrected chi connectivity index (χ3v) is 3.29. The lowest BCUT2D eigenvalue weighted by molar-refractivity contribution is 0.680. The van der Waals surface area contributed by atoms with E-state index in [0.29, 0.717) is 0 Å². The Morgan fingerprint density at radius 1 is 1.38 bits per heavy atom. The Balaban J connectivity index is 2.73. The Morgan fingerprint density at radius 2 is 2.00 bits per heavy atom. The quantitative estimate of drug-likeness (QED) is 0.506. The number of hydrogen-bond acceptors (Lipinski definition) is 0. The fourth-order valence-corrected chi connectivity index (χ4v) is 1.55. The summed E-state index contributed by atoms with van der Waals surface area (Å²) in [6.07, 6.45) is 4.19. The molecule has 0 nitrogen and oxygen atoms in total. The molecule has 0 aromatic heterocycles. The molecule has 0 saturated heterocycles. The maximum Gasteiger partial charge on any atom is 0.00619 e. The van der Waals surface area contributed by atoms with Gasteiger partial charge in [-0.05, 0) is 18.4 Å². The summed E-state index contributed by atoms with van der Waals surface area (Å²) < 4.78 is 0. The van der Waals surface area contributed by atoms with Gasteiger partial charge in [-0.2, -0.15) is 0 Å². The maximum absolute atomic E-state index is 3.88. The van der Waals surface area contributed by atoms with Gasteiger partial charge in [0.15, 0.2) is 0 Å². The number of rotatable bonds is 4. The van der Waals surface area contributed by atoms with E-state index in [9.17, 15) is 0 Å². The zero-order valence-corrected chi connectivity index (χ0v) is 9.32. The molecule has 0 amide bonds. The number of hydrogen-bond donors (Lipinski definition) is 0. The van der Waals surface area contributed by atoms with E-state index >= 15 is 0 Å². The SMILES string of the molecule is C=CC(P)(CC)Cc1ccccc1. The predicted molar refractivity (Wildman–Crippen MR) is 63.1 cm³/mol.